The third-order valence-corrected chi connectivity index (χ3v) is 3.76. The second-order valence-corrected chi connectivity index (χ2v) is 5.22. The largest absolute Gasteiger partial charge is 0.391 e. The SMILES string of the molecule is O=C(CC1CCCCO1)N[C@H]1CCCC[C@@H]1O. The highest BCUT2D eigenvalue weighted by Crippen LogP contribution is 2.19. The van der Waals surface area contributed by atoms with E-state index in [1.54, 1.807) is 0 Å². The van der Waals surface area contributed by atoms with Crippen LogP contribution in [0.15, 0.2) is 0 Å². The summed E-state index contributed by atoms with van der Waals surface area (Å²) in [7, 11) is 0. The van der Waals surface area contributed by atoms with Crippen LogP contribution >= 0.6 is 0 Å². The molecular weight excluding hydrogens is 218 g/mol. The van der Waals surface area contributed by atoms with E-state index in [1.807, 2.05) is 0 Å². The molecule has 0 radical (unpaired) electrons. The van der Waals surface area contributed by atoms with Gasteiger partial charge < -0.3 is 15.2 Å². The van der Waals surface area contributed by atoms with Gasteiger partial charge in [-0.25, -0.2) is 0 Å². The Labute approximate surface area is 103 Å². The maximum atomic E-state index is 11.8. The van der Waals surface area contributed by atoms with Crippen molar-refractivity contribution in [1.29, 1.82) is 0 Å². The first-order valence-electron chi connectivity index (χ1n) is 6.85. The fourth-order valence-corrected chi connectivity index (χ4v) is 2.72. The summed E-state index contributed by atoms with van der Waals surface area (Å²) in [5, 5.41) is 12.7. The Kier molecular flexibility index (Phi) is 4.80. The smallest absolute Gasteiger partial charge is 0.222 e. The lowest BCUT2D eigenvalue weighted by Crippen LogP contribution is -2.46. The molecule has 3 atom stereocenters. The van der Waals surface area contributed by atoms with E-state index in [0.29, 0.717) is 6.42 Å². The molecule has 1 aliphatic heterocycles. The number of ether oxygens (including phenoxy) is 1. The highest BCUT2D eigenvalue weighted by molar-refractivity contribution is 5.76. The Morgan fingerprint density at radius 3 is 2.65 bits per heavy atom. The van der Waals surface area contributed by atoms with E-state index >= 15 is 0 Å². The molecule has 2 aliphatic rings. The van der Waals surface area contributed by atoms with E-state index in [2.05, 4.69) is 5.32 Å². The molecule has 0 aromatic rings. The van der Waals surface area contributed by atoms with Crippen LogP contribution in [0.5, 0.6) is 0 Å². The summed E-state index contributed by atoms with van der Waals surface area (Å²) >= 11 is 0. The van der Waals surface area contributed by atoms with E-state index in [-0.39, 0.29) is 24.2 Å². The van der Waals surface area contributed by atoms with Crippen LogP contribution < -0.4 is 5.32 Å². The molecule has 2 rings (SSSR count). The maximum absolute atomic E-state index is 11.8. The fourth-order valence-electron chi connectivity index (χ4n) is 2.72. The van der Waals surface area contributed by atoms with Gasteiger partial charge in [-0.05, 0) is 32.1 Å². The lowest BCUT2D eigenvalue weighted by molar-refractivity contribution is -0.126. The minimum atomic E-state index is -0.361. The van der Waals surface area contributed by atoms with Gasteiger partial charge >= 0.3 is 0 Å². The normalized spacial score (nSPS) is 34.3. The first-order valence-corrected chi connectivity index (χ1v) is 6.85. The summed E-state index contributed by atoms with van der Waals surface area (Å²) in [5.74, 6) is 0.0304. The number of amides is 1. The van der Waals surface area contributed by atoms with Crippen LogP contribution in [0.3, 0.4) is 0 Å². The number of aliphatic hydroxyl groups is 1. The molecule has 2 N–H and O–H groups in total. The number of hydrogen-bond acceptors (Lipinski definition) is 3. The fraction of sp³-hybridized carbons (Fsp3) is 0.923. The van der Waals surface area contributed by atoms with Gasteiger partial charge in [0, 0.05) is 6.61 Å². The quantitative estimate of drug-likeness (QED) is 0.784. The molecule has 0 aromatic heterocycles. The van der Waals surface area contributed by atoms with Crippen molar-refractivity contribution < 1.29 is 14.6 Å². The molecule has 0 spiro atoms. The Balaban J connectivity index is 1.72. The van der Waals surface area contributed by atoms with E-state index < -0.39 is 0 Å². The average Bonchev–Trinajstić information content (AvgIpc) is 2.33. The summed E-state index contributed by atoms with van der Waals surface area (Å²) in [6, 6.07) is -0.0418. The van der Waals surface area contributed by atoms with E-state index in [9.17, 15) is 9.90 Å². The number of aliphatic hydroxyl groups excluding tert-OH is 1. The van der Waals surface area contributed by atoms with Crippen molar-refractivity contribution in [2.45, 2.75) is 69.6 Å². The van der Waals surface area contributed by atoms with Gasteiger partial charge in [0.25, 0.3) is 0 Å². The first kappa shape index (κ1) is 12.8. The molecule has 4 nitrogen and oxygen atoms in total. The molecule has 2 fully saturated rings. The van der Waals surface area contributed by atoms with E-state index in [0.717, 1.165) is 51.6 Å². The van der Waals surface area contributed by atoms with Crippen molar-refractivity contribution in [2.75, 3.05) is 6.61 Å². The molecule has 0 aromatic carbocycles. The molecular formula is C13H23NO3. The van der Waals surface area contributed by atoms with Gasteiger partial charge in [-0.3, -0.25) is 4.79 Å². The summed E-state index contributed by atoms with van der Waals surface area (Å²) < 4.78 is 5.54. The lowest BCUT2D eigenvalue weighted by atomic mass is 9.92. The summed E-state index contributed by atoms with van der Waals surface area (Å²) in [6.07, 6.45) is 7.31. The molecule has 17 heavy (non-hydrogen) atoms. The third-order valence-electron chi connectivity index (χ3n) is 3.76. The second kappa shape index (κ2) is 6.36. The Bertz CT molecular complexity index is 251. The summed E-state index contributed by atoms with van der Waals surface area (Å²) in [4.78, 5) is 11.8. The average molecular weight is 241 g/mol. The van der Waals surface area contributed by atoms with Gasteiger partial charge in [-0.2, -0.15) is 0 Å². The zero-order valence-electron chi connectivity index (χ0n) is 10.4. The van der Waals surface area contributed by atoms with Crippen molar-refractivity contribution >= 4 is 5.91 Å². The monoisotopic (exact) mass is 241 g/mol. The van der Waals surface area contributed by atoms with Crippen LogP contribution in [0.4, 0.5) is 0 Å². The van der Waals surface area contributed by atoms with E-state index in [4.69, 9.17) is 4.74 Å². The number of carbonyl (C=O) groups excluding carboxylic acids is 1. The summed E-state index contributed by atoms with van der Waals surface area (Å²) in [5.41, 5.74) is 0. The van der Waals surface area contributed by atoms with Crippen LogP contribution in [0.2, 0.25) is 0 Å². The zero-order valence-corrected chi connectivity index (χ0v) is 10.4. The maximum Gasteiger partial charge on any atom is 0.222 e. The van der Waals surface area contributed by atoms with Gasteiger partial charge in [0.2, 0.25) is 5.91 Å². The Morgan fingerprint density at radius 1 is 1.18 bits per heavy atom. The predicted molar refractivity (Wildman–Crippen MR) is 64.6 cm³/mol. The van der Waals surface area contributed by atoms with Crippen molar-refractivity contribution in [3.8, 4) is 0 Å². The zero-order chi connectivity index (χ0) is 12.1. The number of rotatable bonds is 3. The van der Waals surface area contributed by atoms with Crippen molar-refractivity contribution in [1.82, 2.24) is 5.32 Å². The molecule has 1 saturated heterocycles. The van der Waals surface area contributed by atoms with Crippen molar-refractivity contribution in [3.63, 3.8) is 0 Å². The predicted octanol–water partition coefficient (Wildman–Crippen LogP) is 1.37. The molecule has 1 saturated carbocycles. The highest BCUT2D eigenvalue weighted by Gasteiger charge is 2.25. The molecule has 1 unspecified atom stereocenters. The summed E-state index contributed by atoms with van der Waals surface area (Å²) in [6.45, 7) is 0.782. The Morgan fingerprint density at radius 2 is 1.94 bits per heavy atom. The minimum absolute atomic E-state index is 0.0304. The molecule has 98 valence electrons. The van der Waals surface area contributed by atoms with Crippen LogP contribution in [0, 0.1) is 0 Å². The molecule has 1 heterocycles. The number of carbonyl (C=O) groups is 1. The van der Waals surface area contributed by atoms with Gasteiger partial charge in [-0.1, -0.05) is 12.8 Å². The third kappa shape index (κ3) is 3.96. The topological polar surface area (TPSA) is 58.6 Å². The Hall–Kier alpha value is -0.610. The van der Waals surface area contributed by atoms with Gasteiger partial charge in [0.1, 0.15) is 0 Å². The standard InChI is InChI=1S/C13H23NO3/c15-12-7-2-1-6-11(12)14-13(16)9-10-5-3-4-8-17-10/h10-12,15H,1-9H2,(H,14,16)/t10?,11-,12-/m0/s1. The van der Waals surface area contributed by atoms with Crippen LogP contribution in [0.1, 0.15) is 51.4 Å². The molecule has 0 bridgehead atoms. The van der Waals surface area contributed by atoms with Crippen LogP contribution in [-0.4, -0.2) is 35.9 Å². The van der Waals surface area contributed by atoms with Gasteiger partial charge in [0.15, 0.2) is 0 Å². The van der Waals surface area contributed by atoms with E-state index in [1.165, 1.54) is 0 Å². The van der Waals surface area contributed by atoms with Gasteiger partial charge in [-0.15, -0.1) is 0 Å². The number of hydrogen-bond donors (Lipinski definition) is 2. The molecule has 1 amide bonds. The first-order chi connectivity index (χ1) is 8.25. The lowest BCUT2D eigenvalue weighted by Gasteiger charge is -2.29. The highest BCUT2D eigenvalue weighted by atomic mass is 16.5. The second-order valence-electron chi connectivity index (χ2n) is 5.22. The van der Waals surface area contributed by atoms with Crippen molar-refractivity contribution in [3.05, 3.63) is 0 Å². The van der Waals surface area contributed by atoms with Crippen molar-refractivity contribution in [2.24, 2.45) is 0 Å². The molecule has 4 heteroatoms. The van der Waals surface area contributed by atoms with Gasteiger partial charge in [0.05, 0.1) is 24.7 Å². The van der Waals surface area contributed by atoms with Crippen LogP contribution in [0.25, 0.3) is 0 Å². The van der Waals surface area contributed by atoms with Crippen LogP contribution in [-0.2, 0) is 9.53 Å². The number of nitrogens with one attached hydrogen (secondary N) is 1. The molecule has 1 aliphatic carbocycles. The minimum Gasteiger partial charge on any atom is -0.391 e.